The summed E-state index contributed by atoms with van der Waals surface area (Å²) in [5.74, 6) is -0.0697. The molecule has 0 bridgehead atoms. The molecule has 2 aromatic heterocycles. The van der Waals surface area contributed by atoms with Crippen LogP contribution in [0, 0.1) is 0 Å². The van der Waals surface area contributed by atoms with E-state index in [0.29, 0.717) is 22.6 Å². The summed E-state index contributed by atoms with van der Waals surface area (Å²) in [4.78, 5) is 4.04. The molecule has 0 unspecified atom stereocenters. The summed E-state index contributed by atoms with van der Waals surface area (Å²) in [5.41, 5.74) is 7.90. The van der Waals surface area contributed by atoms with Gasteiger partial charge in [0.25, 0.3) is 0 Å². The minimum atomic E-state index is -2.95. The lowest BCUT2D eigenvalue weighted by atomic mass is 10.2. The van der Waals surface area contributed by atoms with Crippen LogP contribution < -0.4 is 10.5 Å². The third kappa shape index (κ3) is 3.48. The molecule has 1 aromatic carbocycles. The smallest absolute Gasteiger partial charge is 0.388 e. The Morgan fingerprint density at radius 2 is 1.87 bits per heavy atom. The molecule has 0 saturated heterocycles. The van der Waals surface area contributed by atoms with E-state index in [0.717, 1.165) is 4.47 Å². The Hall–Kier alpha value is -2.48. The summed E-state index contributed by atoms with van der Waals surface area (Å²) in [5, 5.41) is 4.33. The summed E-state index contributed by atoms with van der Waals surface area (Å²) in [6.07, 6.45) is 3.21. The van der Waals surface area contributed by atoms with Crippen LogP contribution in [-0.2, 0) is 0 Å². The summed E-state index contributed by atoms with van der Waals surface area (Å²) >= 11 is 3.32. The van der Waals surface area contributed by atoms with Gasteiger partial charge in [-0.25, -0.2) is 4.68 Å². The summed E-state index contributed by atoms with van der Waals surface area (Å²) in [6, 6.07) is 9.88. The van der Waals surface area contributed by atoms with Gasteiger partial charge in [0.2, 0.25) is 5.88 Å². The van der Waals surface area contributed by atoms with Crippen LogP contribution >= 0.6 is 15.9 Å². The summed E-state index contributed by atoms with van der Waals surface area (Å²) < 4.78 is 31.9. The van der Waals surface area contributed by atoms with Crippen molar-refractivity contribution in [1.82, 2.24) is 14.8 Å². The van der Waals surface area contributed by atoms with E-state index >= 15 is 0 Å². The number of nitrogens with two attached hydrogens (primary N) is 1. The van der Waals surface area contributed by atoms with Crippen molar-refractivity contribution in [2.45, 2.75) is 6.61 Å². The first-order chi connectivity index (χ1) is 11.0. The van der Waals surface area contributed by atoms with Gasteiger partial charge in [-0.2, -0.15) is 13.9 Å². The molecule has 0 radical (unpaired) electrons. The van der Waals surface area contributed by atoms with Crippen LogP contribution in [-0.4, -0.2) is 21.4 Å². The first-order valence-electron chi connectivity index (χ1n) is 6.54. The number of aromatic nitrogens is 3. The molecule has 3 rings (SSSR count). The molecule has 0 spiro atoms. The number of hydrogen-bond donors (Lipinski definition) is 1. The Kier molecular flexibility index (Phi) is 4.24. The maximum Gasteiger partial charge on any atom is 0.388 e. The highest BCUT2D eigenvalue weighted by molar-refractivity contribution is 9.10. The van der Waals surface area contributed by atoms with Crippen molar-refractivity contribution in [1.29, 1.82) is 0 Å². The monoisotopic (exact) mass is 380 g/mol. The van der Waals surface area contributed by atoms with Gasteiger partial charge < -0.3 is 10.5 Å². The van der Waals surface area contributed by atoms with E-state index in [4.69, 9.17) is 5.73 Å². The van der Waals surface area contributed by atoms with E-state index in [1.54, 1.807) is 42.7 Å². The second-order valence-corrected chi connectivity index (χ2v) is 5.56. The van der Waals surface area contributed by atoms with Crippen molar-refractivity contribution in [2.75, 3.05) is 5.73 Å². The number of nitrogens with zero attached hydrogens (tertiary/aromatic N) is 3. The van der Waals surface area contributed by atoms with Gasteiger partial charge in [-0.3, -0.25) is 4.98 Å². The molecule has 23 heavy (non-hydrogen) atoms. The van der Waals surface area contributed by atoms with E-state index in [2.05, 4.69) is 30.7 Å². The lowest BCUT2D eigenvalue weighted by Gasteiger charge is -2.08. The number of alkyl halides is 2. The fourth-order valence-corrected chi connectivity index (χ4v) is 2.40. The quantitative estimate of drug-likeness (QED) is 0.697. The predicted molar refractivity (Wildman–Crippen MR) is 85.5 cm³/mol. The molecular formula is C15H11BrF2N4O. The zero-order chi connectivity index (χ0) is 16.4. The summed E-state index contributed by atoms with van der Waals surface area (Å²) in [6.45, 7) is -2.95. The third-order valence-corrected chi connectivity index (χ3v) is 3.46. The van der Waals surface area contributed by atoms with Crippen LogP contribution in [0.25, 0.3) is 16.9 Å². The maximum absolute atomic E-state index is 12.7. The fourth-order valence-electron chi connectivity index (χ4n) is 2.03. The van der Waals surface area contributed by atoms with Crippen LogP contribution in [0.4, 0.5) is 14.5 Å². The van der Waals surface area contributed by atoms with Crippen molar-refractivity contribution in [3.63, 3.8) is 0 Å². The van der Waals surface area contributed by atoms with Crippen molar-refractivity contribution in [3.8, 4) is 22.8 Å². The van der Waals surface area contributed by atoms with Gasteiger partial charge in [-0.1, -0.05) is 0 Å². The molecule has 2 N–H and O–H groups in total. The number of ether oxygens (including phenoxy) is 1. The lowest BCUT2D eigenvalue weighted by molar-refractivity contribution is -0.0544. The van der Waals surface area contributed by atoms with Crippen LogP contribution in [0.1, 0.15) is 0 Å². The number of nitrogen functional groups attached to an aromatic ring is 1. The first-order valence-corrected chi connectivity index (χ1v) is 7.34. The molecule has 2 heterocycles. The summed E-state index contributed by atoms with van der Waals surface area (Å²) in [7, 11) is 0. The zero-order valence-electron chi connectivity index (χ0n) is 11.7. The Morgan fingerprint density at radius 1 is 1.13 bits per heavy atom. The minimum Gasteiger partial charge on any atom is -0.417 e. The van der Waals surface area contributed by atoms with Gasteiger partial charge in [0.15, 0.2) is 0 Å². The molecule has 3 aromatic rings. The highest BCUT2D eigenvalue weighted by Gasteiger charge is 2.16. The van der Waals surface area contributed by atoms with Crippen LogP contribution in [0.5, 0.6) is 5.88 Å². The highest BCUT2D eigenvalue weighted by atomic mass is 79.9. The van der Waals surface area contributed by atoms with E-state index in [1.165, 1.54) is 10.7 Å². The second kappa shape index (κ2) is 6.33. The topological polar surface area (TPSA) is 66.0 Å². The Bertz CT molecular complexity index is 821. The molecular weight excluding hydrogens is 370 g/mol. The van der Waals surface area contributed by atoms with E-state index in [9.17, 15) is 8.78 Å². The molecule has 5 nitrogen and oxygen atoms in total. The van der Waals surface area contributed by atoms with Gasteiger partial charge in [0, 0.05) is 34.2 Å². The van der Waals surface area contributed by atoms with Crippen LogP contribution in [0.2, 0.25) is 0 Å². The average molecular weight is 381 g/mol. The van der Waals surface area contributed by atoms with Crippen molar-refractivity contribution >= 4 is 21.6 Å². The minimum absolute atomic E-state index is 0.0697. The van der Waals surface area contributed by atoms with E-state index in [-0.39, 0.29) is 5.88 Å². The highest BCUT2D eigenvalue weighted by Crippen LogP contribution is 2.28. The number of pyridine rings is 1. The van der Waals surface area contributed by atoms with Crippen molar-refractivity contribution in [3.05, 3.63) is 53.3 Å². The average Bonchev–Trinajstić information content (AvgIpc) is 2.91. The Morgan fingerprint density at radius 3 is 2.52 bits per heavy atom. The molecule has 0 fully saturated rings. The van der Waals surface area contributed by atoms with Gasteiger partial charge in [-0.15, -0.1) is 0 Å². The predicted octanol–water partition coefficient (Wildman–Crippen LogP) is 3.88. The van der Waals surface area contributed by atoms with Gasteiger partial charge >= 0.3 is 6.61 Å². The van der Waals surface area contributed by atoms with Gasteiger partial charge in [-0.05, 0) is 46.3 Å². The van der Waals surface area contributed by atoms with Gasteiger partial charge in [0.05, 0.1) is 11.4 Å². The molecule has 0 saturated carbocycles. The second-order valence-electron chi connectivity index (χ2n) is 4.64. The van der Waals surface area contributed by atoms with Crippen molar-refractivity contribution in [2.24, 2.45) is 0 Å². The number of anilines is 1. The largest absolute Gasteiger partial charge is 0.417 e. The Labute approximate surface area is 138 Å². The molecule has 0 amide bonds. The molecule has 0 aliphatic rings. The molecule has 0 aliphatic heterocycles. The SMILES string of the molecule is Nc1ccc(-n2nc(-c3cncc(Br)c3)cc2OC(F)F)cc1. The van der Waals surface area contributed by atoms with Crippen LogP contribution in [0.3, 0.4) is 0 Å². The Balaban J connectivity index is 2.08. The van der Waals surface area contributed by atoms with Crippen molar-refractivity contribution < 1.29 is 13.5 Å². The number of hydrogen-bond acceptors (Lipinski definition) is 4. The maximum atomic E-state index is 12.7. The molecule has 0 atom stereocenters. The molecule has 0 aliphatic carbocycles. The lowest BCUT2D eigenvalue weighted by Crippen LogP contribution is -2.07. The first kappa shape index (κ1) is 15.4. The number of benzene rings is 1. The molecule has 118 valence electrons. The van der Waals surface area contributed by atoms with E-state index in [1.807, 2.05) is 0 Å². The zero-order valence-corrected chi connectivity index (χ0v) is 13.2. The third-order valence-electron chi connectivity index (χ3n) is 3.02. The number of rotatable bonds is 4. The van der Waals surface area contributed by atoms with Gasteiger partial charge in [0.1, 0.15) is 0 Å². The molecule has 8 heteroatoms. The van der Waals surface area contributed by atoms with E-state index < -0.39 is 6.61 Å². The fraction of sp³-hybridized carbons (Fsp3) is 0.0667. The van der Waals surface area contributed by atoms with Crippen LogP contribution in [0.15, 0.2) is 53.3 Å². The normalized spacial score (nSPS) is 11.0. The standard InChI is InChI=1S/C15H11BrF2N4O/c16-10-5-9(7-20-8-10)13-6-14(23-15(17)18)22(21-13)12-3-1-11(19)2-4-12/h1-8,15H,19H2. The number of halogens is 3.